The summed E-state index contributed by atoms with van der Waals surface area (Å²) in [5.41, 5.74) is 2.29. The maximum atomic E-state index is 12.6. The van der Waals surface area contributed by atoms with E-state index in [0.717, 1.165) is 43.7 Å². The average molecular weight is 382 g/mol. The van der Waals surface area contributed by atoms with Crippen molar-refractivity contribution >= 4 is 29.9 Å². The van der Waals surface area contributed by atoms with Gasteiger partial charge in [0.05, 0.1) is 6.61 Å². The van der Waals surface area contributed by atoms with E-state index in [1.54, 1.807) is 6.07 Å². The van der Waals surface area contributed by atoms with Crippen molar-refractivity contribution in [3.05, 3.63) is 29.3 Å². The van der Waals surface area contributed by atoms with Gasteiger partial charge in [-0.05, 0) is 49.4 Å². The third kappa shape index (κ3) is 4.96. The number of hydrogen-bond acceptors (Lipinski definition) is 4. The molecule has 6 nitrogen and oxygen atoms in total. The summed E-state index contributed by atoms with van der Waals surface area (Å²) in [6.45, 7) is 7.62. The summed E-state index contributed by atoms with van der Waals surface area (Å²) in [6.07, 6.45) is 1.66. The van der Waals surface area contributed by atoms with E-state index in [9.17, 15) is 9.59 Å². The van der Waals surface area contributed by atoms with Gasteiger partial charge >= 0.3 is 0 Å². The van der Waals surface area contributed by atoms with E-state index >= 15 is 0 Å². The van der Waals surface area contributed by atoms with Gasteiger partial charge in [0.25, 0.3) is 11.8 Å². The number of halogens is 1. The summed E-state index contributed by atoms with van der Waals surface area (Å²) in [5.74, 6) is 0.618. The third-order valence-corrected chi connectivity index (χ3v) is 5.02. The Bertz CT molecular complexity index is 639. The lowest BCUT2D eigenvalue weighted by Gasteiger charge is -2.30. The number of aryl methyl sites for hydroxylation is 1. The molecule has 0 saturated carbocycles. The van der Waals surface area contributed by atoms with Crippen molar-refractivity contribution in [3.8, 4) is 0 Å². The topological polar surface area (TPSA) is 70.7 Å². The number of anilines is 1. The molecule has 0 aromatic heterocycles. The Morgan fingerprint density at radius 2 is 2.00 bits per heavy atom. The van der Waals surface area contributed by atoms with Crippen LogP contribution in [0.5, 0.6) is 0 Å². The van der Waals surface area contributed by atoms with E-state index in [1.807, 2.05) is 24.0 Å². The Labute approximate surface area is 161 Å². The van der Waals surface area contributed by atoms with E-state index in [2.05, 4.69) is 17.6 Å². The summed E-state index contributed by atoms with van der Waals surface area (Å²) >= 11 is 0. The van der Waals surface area contributed by atoms with Crippen LogP contribution >= 0.6 is 12.4 Å². The molecule has 2 N–H and O–H groups in total. The predicted octanol–water partition coefficient (Wildman–Crippen LogP) is 2.22. The number of benzene rings is 1. The Balaban J connectivity index is 0.00000243. The fourth-order valence-electron chi connectivity index (χ4n) is 3.28. The Morgan fingerprint density at radius 1 is 1.27 bits per heavy atom. The molecule has 7 heteroatoms. The van der Waals surface area contributed by atoms with Crippen LogP contribution in [0.2, 0.25) is 0 Å². The maximum Gasteiger partial charge on any atom is 0.254 e. The van der Waals surface area contributed by atoms with Gasteiger partial charge < -0.3 is 20.3 Å². The van der Waals surface area contributed by atoms with Crippen LogP contribution in [0.4, 0.5) is 5.69 Å². The summed E-state index contributed by atoms with van der Waals surface area (Å²) in [4.78, 5) is 26.8. The number of hydrogen-bond donors (Lipinski definition) is 2. The summed E-state index contributed by atoms with van der Waals surface area (Å²) in [7, 11) is 0. The SMILES string of the molecule is Cc1cc(C(=O)N2CCC(C)CC2)ccc1NC(=O)C1CNCCO1.Cl. The highest BCUT2D eigenvalue weighted by Crippen LogP contribution is 2.21. The highest BCUT2D eigenvalue weighted by Gasteiger charge is 2.24. The van der Waals surface area contributed by atoms with Crippen molar-refractivity contribution in [2.24, 2.45) is 5.92 Å². The van der Waals surface area contributed by atoms with Crippen LogP contribution in [-0.4, -0.2) is 55.6 Å². The van der Waals surface area contributed by atoms with E-state index in [4.69, 9.17) is 4.74 Å². The second-order valence-corrected chi connectivity index (χ2v) is 7.06. The van der Waals surface area contributed by atoms with E-state index < -0.39 is 6.10 Å². The maximum absolute atomic E-state index is 12.6. The zero-order chi connectivity index (χ0) is 17.8. The van der Waals surface area contributed by atoms with Crippen LogP contribution in [0.15, 0.2) is 18.2 Å². The van der Waals surface area contributed by atoms with Crippen molar-refractivity contribution in [3.63, 3.8) is 0 Å². The molecular weight excluding hydrogens is 354 g/mol. The summed E-state index contributed by atoms with van der Waals surface area (Å²) in [6, 6.07) is 5.46. The lowest BCUT2D eigenvalue weighted by atomic mass is 9.98. The van der Waals surface area contributed by atoms with Gasteiger partial charge in [0.1, 0.15) is 6.10 Å². The molecule has 1 aromatic carbocycles. The monoisotopic (exact) mass is 381 g/mol. The number of carbonyl (C=O) groups is 2. The number of amides is 2. The first-order valence-electron chi connectivity index (χ1n) is 9.07. The highest BCUT2D eigenvalue weighted by atomic mass is 35.5. The van der Waals surface area contributed by atoms with Crippen molar-refractivity contribution in [2.75, 3.05) is 38.1 Å². The van der Waals surface area contributed by atoms with Crippen molar-refractivity contribution < 1.29 is 14.3 Å². The largest absolute Gasteiger partial charge is 0.366 e. The van der Waals surface area contributed by atoms with Gasteiger partial charge in [-0.1, -0.05) is 6.92 Å². The molecule has 0 aliphatic carbocycles. The first kappa shape index (κ1) is 20.7. The minimum Gasteiger partial charge on any atom is -0.366 e. The molecule has 2 saturated heterocycles. The van der Waals surface area contributed by atoms with Crippen molar-refractivity contribution in [1.29, 1.82) is 0 Å². The molecule has 1 aromatic rings. The standard InChI is InChI=1S/C19H27N3O3.ClH/c1-13-5-8-22(9-6-13)19(24)15-3-4-16(14(2)11-15)21-18(23)17-12-20-7-10-25-17;/h3-4,11,13,17,20H,5-10,12H2,1-2H3,(H,21,23);1H. The normalized spacial score (nSPS) is 21.0. The van der Waals surface area contributed by atoms with Crippen molar-refractivity contribution in [2.45, 2.75) is 32.8 Å². The van der Waals surface area contributed by atoms with E-state index in [-0.39, 0.29) is 24.2 Å². The van der Waals surface area contributed by atoms with Crippen LogP contribution in [0, 0.1) is 12.8 Å². The van der Waals surface area contributed by atoms with E-state index in [0.29, 0.717) is 24.6 Å². The highest BCUT2D eigenvalue weighted by molar-refractivity contribution is 5.97. The first-order valence-corrected chi connectivity index (χ1v) is 9.07. The lowest BCUT2D eigenvalue weighted by Crippen LogP contribution is -2.45. The van der Waals surface area contributed by atoms with Crippen molar-refractivity contribution in [1.82, 2.24) is 10.2 Å². The van der Waals surface area contributed by atoms with Gasteiger partial charge in [0.15, 0.2) is 0 Å². The van der Waals surface area contributed by atoms with Gasteiger partial charge in [-0.2, -0.15) is 0 Å². The zero-order valence-corrected chi connectivity index (χ0v) is 16.2. The van der Waals surface area contributed by atoms with E-state index in [1.165, 1.54) is 0 Å². The average Bonchev–Trinajstić information content (AvgIpc) is 2.64. The second-order valence-electron chi connectivity index (χ2n) is 7.06. The molecule has 2 aliphatic heterocycles. The number of likely N-dealkylation sites (tertiary alicyclic amines) is 1. The third-order valence-electron chi connectivity index (χ3n) is 5.02. The lowest BCUT2D eigenvalue weighted by molar-refractivity contribution is -0.128. The summed E-state index contributed by atoms with van der Waals surface area (Å²) in [5, 5.41) is 6.05. The number of ether oxygens (including phenoxy) is 1. The number of carbonyl (C=O) groups excluding carboxylic acids is 2. The number of nitrogens with zero attached hydrogens (tertiary/aromatic N) is 1. The fourth-order valence-corrected chi connectivity index (χ4v) is 3.28. The molecule has 3 rings (SSSR count). The zero-order valence-electron chi connectivity index (χ0n) is 15.4. The Hall–Kier alpha value is -1.63. The van der Waals surface area contributed by atoms with Gasteiger partial charge in [0, 0.05) is 37.4 Å². The molecule has 2 fully saturated rings. The molecule has 0 radical (unpaired) electrons. The molecule has 1 atom stereocenters. The van der Waals surface area contributed by atoms with Gasteiger partial charge in [-0.25, -0.2) is 0 Å². The van der Waals surface area contributed by atoms with Gasteiger partial charge in [-0.3, -0.25) is 9.59 Å². The minimum atomic E-state index is -0.468. The number of rotatable bonds is 3. The van der Waals surface area contributed by atoms with Crippen LogP contribution in [0.25, 0.3) is 0 Å². The fraction of sp³-hybridized carbons (Fsp3) is 0.579. The van der Waals surface area contributed by atoms with Crippen LogP contribution in [0.1, 0.15) is 35.7 Å². The molecule has 2 amide bonds. The first-order chi connectivity index (χ1) is 12.0. The minimum absolute atomic E-state index is 0. The Kier molecular flexibility index (Phi) is 7.43. The smallest absolute Gasteiger partial charge is 0.254 e. The van der Waals surface area contributed by atoms with Crippen LogP contribution in [-0.2, 0) is 9.53 Å². The van der Waals surface area contributed by atoms with Gasteiger partial charge in [-0.15, -0.1) is 12.4 Å². The molecule has 0 bridgehead atoms. The number of morpholine rings is 1. The molecule has 2 heterocycles. The number of nitrogens with one attached hydrogen (secondary N) is 2. The molecule has 26 heavy (non-hydrogen) atoms. The molecule has 2 aliphatic rings. The van der Waals surface area contributed by atoms with Crippen LogP contribution in [0.3, 0.4) is 0 Å². The molecular formula is C19H28ClN3O3. The van der Waals surface area contributed by atoms with Gasteiger partial charge in [0.2, 0.25) is 0 Å². The molecule has 144 valence electrons. The second kappa shape index (κ2) is 9.35. The molecule has 0 spiro atoms. The quantitative estimate of drug-likeness (QED) is 0.842. The van der Waals surface area contributed by atoms with Crippen LogP contribution < -0.4 is 10.6 Å². The molecule has 1 unspecified atom stereocenters. The number of piperidine rings is 1. The Morgan fingerprint density at radius 3 is 2.62 bits per heavy atom. The summed E-state index contributed by atoms with van der Waals surface area (Å²) < 4.78 is 5.47. The predicted molar refractivity (Wildman–Crippen MR) is 104 cm³/mol.